The number of sulfone groups is 1. The molecule has 2 aromatic carbocycles. The van der Waals surface area contributed by atoms with Crippen LogP contribution in [0.2, 0.25) is 0 Å². The first-order chi connectivity index (χ1) is 11.1. The Labute approximate surface area is 137 Å². The second-order valence-corrected chi connectivity index (χ2v) is 7.13. The molecule has 0 aromatic heterocycles. The number of alkyl halides is 3. The molecule has 2 aromatic rings. The van der Waals surface area contributed by atoms with Crippen molar-refractivity contribution in [1.82, 2.24) is 0 Å². The summed E-state index contributed by atoms with van der Waals surface area (Å²) in [6.07, 6.45) is -0.723. The van der Waals surface area contributed by atoms with E-state index in [4.69, 9.17) is 0 Å². The molecule has 24 heavy (non-hydrogen) atoms. The number of allylic oxidation sites excluding steroid dienone is 1. The van der Waals surface area contributed by atoms with Crippen molar-refractivity contribution in [3.63, 3.8) is 0 Å². The van der Waals surface area contributed by atoms with E-state index in [1.807, 2.05) is 0 Å². The monoisotopic (exact) mass is 354 g/mol. The van der Waals surface area contributed by atoms with Crippen LogP contribution in [0.5, 0.6) is 0 Å². The highest BCUT2D eigenvalue weighted by molar-refractivity contribution is 7.90. The zero-order valence-electron chi connectivity index (χ0n) is 12.5. The van der Waals surface area contributed by atoms with E-state index in [1.54, 1.807) is 0 Å². The lowest BCUT2D eigenvalue weighted by atomic mass is 10.1. The summed E-state index contributed by atoms with van der Waals surface area (Å²) < 4.78 is 60.1. The van der Waals surface area contributed by atoms with Crippen LogP contribution in [0.15, 0.2) is 59.5 Å². The Hall–Kier alpha value is -2.41. The molecule has 2 rings (SSSR count). The summed E-state index contributed by atoms with van der Waals surface area (Å²) in [5.41, 5.74) is -0.0305. The van der Waals surface area contributed by atoms with E-state index >= 15 is 0 Å². The number of rotatable bonds is 4. The first-order valence-electron chi connectivity index (χ1n) is 6.77. The standard InChI is InChI=1S/C17H13F3O3S/c1-24(22,23)15-9-5-13(6-10-15)16(21)11-4-12-2-7-14(8-3-12)17(18,19)20/h2-11H,1H3/b11-4+. The maximum Gasteiger partial charge on any atom is 0.416 e. The summed E-state index contributed by atoms with van der Waals surface area (Å²) in [7, 11) is -3.34. The third kappa shape index (κ3) is 4.55. The van der Waals surface area contributed by atoms with Crippen LogP contribution < -0.4 is 0 Å². The highest BCUT2D eigenvalue weighted by atomic mass is 32.2. The topological polar surface area (TPSA) is 51.2 Å². The molecule has 0 fully saturated rings. The van der Waals surface area contributed by atoms with Gasteiger partial charge in [-0.1, -0.05) is 18.2 Å². The summed E-state index contributed by atoms with van der Waals surface area (Å²) >= 11 is 0. The van der Waals surface area contributed by atoms with E-state index in [2.05, 4.69) is 0 Å². The number of halogens is 3. The van der Waals surface area contributed by atoms with E-state index < -0.39 is 21.6 Å². The largest absolute Gasteiger partial charge is 0.416 e. The third-order valence-electron chi connectivity index (χ3n) is 3.23. The molecule has 126 valence electrons. The van der Waals surface area contributed by atoms with E-state index in [0.717, 1.165) is 18.4 Å². The molecule has 7 heteroatoms. The number of benzene rings is 2. The minimum atomic E-state index is -4.40. The summed E-state index contributed by atoms with van der Waals surface area (Å²) in [6, 6.07) is 9.82. The summed E-state index contributed by atoms with van der Waals surface area (Å²) in [4.78, 5) is 12.1. The molecule has 0 saturated carbocycles. The number of carbonyl (C=O) groups excluding carboxylic acids is 1. The fourth-order valence-corrected chi connectivity index (χ4v) is 2.55. The van der Waals surface area contributed by atoms with Crippen LogP contribution in [0, 0.1) is 0 Å². The molecule has 0 aliphatic heterocycles. The van der Waals surface area contributed by atoms with Gasteiger partial charge in [0, 0.05) is 11.8 Å². The normalized spacial score (nSPS) is 12.5. The van der Waals surface area contributed by atoms with E-state index in [-0.39, 0.29) is 16.2 Å². The Bertz CT molecular complexity index is 863. The average molecular weight is 354 g/mol. The van der Waals surface area contributed by atoms with Crippen LogP contribution in [-0.2, 0) is 16.0 Å². The lowest BCUT2D eigenvalue weighted by molar-refractivity contribution is -0.137. The second-order valence-electron chi connectivity index (χ2n) is 5.11. The Kier molecular flexibility index (Phi) is 4.94. The Morgan fingerprint density at radius 3 is 1.96 bits per heavy atom. The van der Waals surface area contributed by atoms with Gasteiger partial charge in [0.1, 0.15) is 0 Å². The minimum absolute atomic E-state index is 0.103. The van der Waals surface area contributed by atoms with Crippen molar-refractivity contribution in [3.05, 3.63) is 71.3 Å². The first kappa shape index (κ1) is 17.9. The average Bonchev–Trinajstić information content (AvgIpc) is 2.51. The van der Waals surface area contributed by atoms with Gasteiger partial charge in [-0.05, 0) is 48.0 Å². The molecule has 0 spiro atoms. The van der Waals surface area contributed by atoms with Crippen molar-refractivity contribution >= 4 is 21.7 Å². The van der Waals surface area contributed by atoms with Crippen molar-refractivity contribution in [1.29, 1.82) is 0 Å². The molecule has 0 aliphatic rings. The Morgan fingerprint density at radius 2 is 1.50 bits per heavy atom. The van der Waals surface area contributed by atoms with Crippen molar-refractivity contribution in [2.45, 2.75) is 11.1 Å². The lowest BCUT2D eigenvalue weighted by Gasteiger charge is -2.05. The van der Waals surface area contributed by atoms with Crippen LogP contribution >= 0.6 is 0 Å². The molecule has 0 bridgehead atoms. The van der Waals surface area contributed by atoms with Gasteiger partial charge in [-0.25, -0.2) is 8.42 Å². The van der Waals surface area contributed by atoms with Gasteiger partial charge in [0.15, 0.2) is 15.6 Å². The lowest BCUT2D eigenvalue weighted by Crippen LogP contribution is -2.04. The molecule has 3 nitrogen and oxygen atoms in total. The quantitative estimate of drug-likeness (QED) is 0.616. The van der Waals surface area contributed by atoms with E-state index in [9.17, 15) is 26.4 Å². The first-order valence-corrected chi connectivity index (χ1v) is 8.66. The third-order valence-corrected chi connectivity index (χ3v) is 4.36. The molecule has 0 aliphatic carbocycles. The zero-order valence-corrected chi connectivity index (χ0v) is 13.4. The van der Waals surface area contributed by atoms with Crippen LogP contribution in [-0.4, -0.2) is 20.5 Å². The minimum Gasteiger partial charge on any atom is -0.289 e. The Morgan fingerprint density at radius 1 is 0.958 bits per heavy atom. The van der Waals surface area contributed by atoms with Gasteiger partial charge in [-0.2, -0.15) is 13.2 Å². The molecule has 0 N–H and O–H groups in total. The highest BCUT2D eigenvalue weighted by Gasteiger charge is 2.29. The molecule has 0 amide bonds. The van der Waals surface area contributed by atoms with E-state index in [0.29, 0.717) is 5.56 Å². The van der Waals surface area contributed by atoms with Gasteiger partial charge in [0.05, 0.1) is 10.5 Å². The smallest absolute Gasteiger partial charge is 0.289 e. The van der Waals surface area contributed by atoms with Crippen LogP contribution in [0.3, 0.4) is 0 Å². The van der Waals surface area contributed by atoms with E-state index in [1.165, 1.54) is 48.6 Å². The second kappa shape index (κ2) is 6.60. The molecular formula is C17H13F3O3S. The zero-order chi connectivity index (χ0) is 18.0. The number of hydrogen-bond donors (Lipinski definition) is 0. The van der Waals surface area contributed by atoms with Gasteiger partial charge >= 0.3 is 6.18 Å². The molecular weight excluding hydrogens is 341 g/mol. The van der Waals surface area contributed by atoms with Crippen molar-refractivity contribution in [3.8, 4) is 0 Å². The van der Waals surface area contributed by atoms with Gasteiger partial charge < -0.3 is 0 Å². The predicted octanol–water partition coefficient (Wildman–Crippen LogP) is 4.01. The summed E-state index contributed by atoms with van der Waals surface area (Å²) in [5.74, 6) is -0.380. The fraction of sp³-hybridized carbons (Fsp3) is 0.118. The molecule has 0 radical (unpaired) electrons. The summed E-state index contributed by atoms with van der Waals surface area (Å²) in [6.45, 7) is 0. The maximum atomic E-state index is 12.5. The van der Waals surface area contributed by atoms with Crippen molar-refractivity contribution < 1.29 is 26.4 Å². The van der Waals surface area contributed by atoms with Gasteiger partial charge in [-0.15, -0.1) is 0 Å². The Balaban J connectivity index is 2.13. The maximum absolute atomic E-state index is 12.5. The van der Waals surface area contributed by atoms with Gasteiger partial charge in [0.2, 0.25) is 0 Å². The van der Waals surface area contributed by atoms with Gasteiger partial charge in [-0.3, -0.25) is 4.79 Å². The molecule has 0 unspecified atom stereocenters. The van der Waals surface area contributed by atoms with Crippen LogP contribution in [0.1, 0.15) is 21.5 Å². The summed E-state index contributed by atoms with van der Waals surface area (Å²) in [5, 5.41) is 0. The molecule has 0 heterocycles. The predicted molar refractivity (Wildman–Crippen MR) is 84.4 cm³/mol. The molecule has 0 saturated heterocycles. The molecule has 0 atom stereocenters. The number of carbonyl (C=O) groups is 1. The SMILES string of the molecule is CS(=O)(=O)c1ccc(C(=O)/C=C/c2ccc(C(F)(F)F)cc2)cc1. The highest BCUT2D eigenvalue weighted by Crippen LogP contribution is 2.29. The van der Waals surface area contributed by atoms with Gasteiger partial charge in [0.25, 0.3) is 0 Å². The van der Waals surface area contributed by atoms with Crippen LogP contribution in [0.4, 0.5) is 13.2 Å². The van der Waals surface area contributed by atoms with Crippen molar-refractivity contribution in [2.24, 2.45) is 0 Å². The number of hydrogen-bond acceptors (Lipinski definition) is 3. The van der Waals surface area contributed by atoms with Crippen LogP contribution in [0.25, 0.3) is 6.08 Å². The fourth-order valence-electron chi connectivity index (χ4n) is 1.92. The van der Waals surface area contributed by atoms with Crippen molar-refractivity contribution in [2.75, 3.05) is 6.26 Å². The number of ketones is 1.